The lowest BCUT2D eigenvalue weighted by Crippen LogP contribution is -2.49. The highest BCUT2D eigenvalue weighted by molar-refractivity contribution is 7.04. The molecule has 0 bridgehead atoms. The third kappa shape index (κ3) is 4.89. The molecule has 0 spiro atoms. The molecular formula is C25H42N4O2S. The molecule has 2 fully saturated rings. The van der Waals surface area contributed by atoms with E-state index in [4.69, 9.17) is 4.99 Å². The molecule has 180 valence electrons. The topological polar surface area (TPSA) is 66.7 Å². The van der Waals surface area contributed by atoms with Gasteiger partial charge in [0.15, 0.2) is 0 Å². The lowest BCUT2D eigenvalue weighted by atomic mass is 9.65. The summed E-state index contributed by atoms with van der Waals surface area (Å²) >= 11 is 1.57. The van der Waals surface area contributed by atoms with Crippen LogP contribution in [0.4, 0.5) is 0 Å². The maximum absolute atomic E-state index is 13.6. The summed E-state index contributed by atoms with van der Waals surface area (Å²) in [4.78, 5) is 31.4. The molecule has 3 rings (SSSR count). The standard InChI is InChI=1S/C25H42N4O2S/c1-8-9-12-18-17-29(23(2,3)4)32-21(18)26-22(31)25(7)14-13-19(24(25,5)6)20(30)27-28-15-10-11-16-28/h17,19H,8-16H2,1-7H3,(H,27,30)/b26-21-. The Balaban J connectivity index is 1.87. The van der Waals surface area contributed by atoms with Gasteiger partial charge >= 0.3 is 0 Å². The van der Waals surface area contributed by atoms with E-state index in [1.807, 2.05) is 11.9 Å². The fraction of sp³-hybridized carbons (Fsp3) is 0.800. The van der Waals surface area contributed by atoms with Gasteiger partial charge in [-0.25, -0.2) is 10.0 Å². The zero-order chi connectivity index (χ0) is 23.7. The van der Waals surface area contributed by atoms with Gasteiger partial charge in [0, 0.05) is 36.3 Å². The van der Waals surface area contributed by atoms with Crippen LogP contribution in [0.5, 0.6) is 0 Å². The Morgan fingerprint density at radius 1 is 1.22 bits per heavy atom. The molecule has 2 aliphatic rings. The predicted molar refractivity (Wildman–Crippen MR) is 130 cm³/mol. The van der Waals surface area contributed by atoms with Gasteiger partial charge in [-0.05, 0) is 76.2 Å². The van der Waals surface area contributed by atoms with E-state index in [9.17, 15) is 9.59 Å². The lowest BCUT2D eigenvalue weighted by molar-refractivity contribution is -0.138. The summed E-state index contributed by atoms with van der Waals surface area (Å²) in [5.41, 5.74) is 3.10. The first-order chi connectivity index (χ1) is 14.9. The number of unbranched alkanes of at least 4 members (excludes halogenated alkanes) is 1. The van der Waals surface area contributed by atoms with Gasteiger partial charge < -0.3 is 0 Å². The van der Waals surface area contributed by atoms with Crippen LogP contribution >= 0.6 is 11.5 Å². The molecule has 2 amide bonds. The molecule has 2 atom stereocenters. The van der Waals surface area contributed by atoms with Gasteiger partial charge in [-0.3, -0.25) is 19.0 Å². The first-order valence-corrected chi connectivity index (χ1v) is 13.0. The molecule has 2 heterocycles. The number of carbonyl (C=O) groups is 2. The minimum atomic E-state index is -0.654. The minimum absolute atomic E-state index is 0.0439. The summed E-state index contributed by atoms with van der Waals surface area (Å²) in [5.74, 6) is -0.215. The van der Waals surface area contributed by atoms with E-state index in [2.05, 4.69) is 57.1 Å². The SMILES string of the molecule is CCCCc1cn(C(C)(C)C)s/c1=N\C(=O)C1(C)CCC(C(=O)NN2CCCC2)C1(C)C. The molecule has 6 nitrogen and oxygen atoms in total. The van der Waals surface area contributed by atoms with Crippen molar-refractivity contribution in [1.82, 2.24) is 14.4 Å². The van der Waals surface area contributed by atoms with E-state index < -0.39 is 10.8 Å². The third-order valence-corrected chi connectivity index (χ3v) is 9.16. The summed E-state index contributed by atoms with van der Waals surface area (Å²) in [6, 6.07) is 0. The molecule has 1 N–H and O–H groups in total. The highest BCUT2D eigenvalue weighted by Gasteiger charge is 2.58. The average molecular weight is 463 g/mol. The molecular weight excluding hydrogens is 420 g/mol. The molecule has 1 aliphatic carbocycles. The van der Waals surface area contributed by atoms with Crippen molar-refractivity contribution in [2.45, 2.75) is 99.0 Å². The Labute approximate surface area is 197 Å². The van der Waals surface area contributed by atoms with Crippen LogP contribution in [0.25, 0.3) is 0 Å². The minimum Gasteiger partial charge on any atom is -0.298 e. The van der Waals surface area contributed by atoms with Gasteiger partial charge in [-0.15, -0.1) is 0 Å². The van der Waals surface area contributed by atoms with Crippen LogP contribution in [0.15, 0.2) is 11.2 Å². The van der Waals surface area contributed by atoms with Crippen molar-refractivity contribution in [2.24, 2.45) is 21.7 Å². The van der Waals surface area contributed by atoms with E-state index in [1.54, 1.807) is 11.5 Å². The van der Waals surface area contributed by atoms with Crippen molar-refractivity contribution in [2.75, 3.05) is 13.1 Å². The van der Waals surface area contributed by atoms with E-state index in [0.29, 0.717) is 6.42 Å². The molecule has 0 aromatic carbocycles. The first-order valence-electron chi connectivity index (χ1n) is 12.3. The summed E-state index contributed by atoms with van der Waals surface area (Å²) in [5, 5.41) is 2.02. The number of nitrogens with zero attached hydrogens (tertiary/aromatic N) is 3. The molecule has 1 aliphatic heterocycles. The van der Waals surface area contributed by atoms with Crippen LogP contribution in [-0.4, -0.2) is 33.9 Å². The summed E-state index contributed by atoms with van der Waals surface area (Å²) < 4.78 is 3.04. The smallest absolute Gasteiger partial charge is 0.253 e. The Kier molecular flexibility index (Phi) is 7.40. The van der Waals surface area contributed by atoms with Crippen molar-refractivity contribution < 1.29 is 9.59 Å². The van der Waals surface area contributed by atoms with Crippen molar-refractivity contribution in [1.29, 1.82) is 0 Å². The first kappa shape index (κ1) is 25.2. The van der Waals surface area contributed by atoms with Gasteiger partial charge in [0.05, 0.1) is 5.41 Å². The number of rotatable bonds is 6. The Morgan fingerprint density at radius 3 is 2.47 bits per heavy atom. The van der Waals surface area contributed by atoms with E-state index >= 15 is 0 Å². The van der Waals surface area contributed by atoms with Crippen LogP contribution in [0.1, 0.15) is 92.6 Å². The highest BCUT2D eigenvalue weighted by Crippen LogP contribution is 2.56. The number of carbonyl (C=O) groups excluding carboxylic acids is 2. The van der Waals surface area contributed by atoms with Crippen LogP contribution < -0.4 is 10.1 Å². The second kappa shape index (κ2) is 9.41. The van der Waals surface area contributed by atoms with Crippen molar-refractivity contribution >= 4 is 23.3 Å². The van der Waals surface area contributed by atoms with Crippen molar-refractivity contribution in [3.63, 3.8) is 0 Å². The Bertz CT molecular complexity index is 902. The maximum atomic E-state index is 13.6. The third-order valence-electron chi connectivity index (χ3n) is 7.79. The number of hydrogen-bond acceptors (Lipinski definition) is 4. The zero-order valence-electron chi connectivity index (χ0n) is 21.1. The Hall–Kier alpha value is -1.47. The number of nitrogens with one attached hydrogen (secondary N) is 1. The second-order valence-corrected chi connectivity index (χ2v) is 12.3. The average Bonchev–Trinajstić information content (AvgIpc) is 3.40. The molecule has 32 heavy (non-hydrogen) atoms. The summed E-state index contributed by atoms with van der Waals surface area (Å²) in [6.45, 7) is 16.7. The monoisotopic (exact) mass is 462 g/mol. The molecule has 1 aromatic rings. The van der Waals surface area contributed by atoms with E-state index in [0.717, 1.165) is 61.8 Å². The number of hydrazine groups is 1. The molecule has 7 heteroatoms. The van der Waals surface area contributed by atoms with Crippen molar-refractivity contribution in [3.05, 3.63) is 16.4 Å². The van der Waals surface area contributed by atoms with Gasteiger partial charge in [0.2, 0.25) is 5.91 Å². The van der Waals surface area contributed by atoms with Crippen LogP contribution in [0.3, 0.4) is 0 Å². The molecule has 1 saturated carbocycles. The van der Waals surface area contributed by atoms with Crippen molar-refractivity contribution in [3.8, 4) is 0 Å². The van der Waals surface area contributed by atoms with Gasteiger partial charge in [0.25, 0.3) is 5.91 Å². The largest absolute Gasteiger partial charge is 0.298 e. The van der Waals surface area contributed by atoms with Gasteiger partial charge in [-0.2, -0.15) is 0 Å². The van der Waals surface area contributed by atoms with Gasteiger partial charge in [0.1, 0.15) is 4.67 Å². The quantitative estimate of drug-likeness (QED) is 0.669. The number of aromatic nitrogens is 1. The number of aryl methyl sites for hydroxylation is 1. The van der Waals surface area contributed by atoms with Gasteiger partial charge in [-0.1, -0.05) is 34.1 Å². The highest BCUT2D eigenvalue weighted by atomic mass is 32.1. The van der Waals surface area contributed by atoms with E-state index in [-0.39, 0.29) is 23.3 Å². The number of amides is 2. The molecule has 1 saturated heterocycles. The second-order valence-electron chi connectivity index (χ2n) is 11.4. The zero-order valence-corrected chi connectivity index (χ0v) is 21.9. The Morgan fingerprint density at radius 2 is 1.88 bits per heavy atom. The fourth-order valence-electron chi connectivity index (χ4n) is 4.96. The summed E-state index contributed by atoms with van der Waals surface area (Å²) in [6.07, 6.45) is 8.95. The molecule has 1 aromatic heterocycles. The molecule has 0 radical (unpaired) electrons. The summed E-state index contributed by atoms with van der Waals surface area (Å²) in [7, 11) is 0. The van der Waals surface area contributed by atoms with Crippen LogP contribution in [-0.2, 0) is 21.5 Å². The molecule has 2 unspecified atom stereocenters. The predicted octanol–water partition coefficient (Wildman–Crippen LogP) is 4.64. The lowest BCUT2D eigenvalue weighted by Gasteiger charge is -2.39. The maximum Gasteiger partial charge on any atom is 0.253 e. The van der Waals surface area contributed by atoms with E-state index in [1.165, 1.54) is 0 Å². The fourth-order valence-corrected chi connectivity index (χ4v) is 5.99. The van der Waals surface area contributed by atoms with Crippen LogP contribution in [0, 0.1) is 16.7 Å². The number of hydrogen-bond donors (Lipinski definition) is 1. The normalized spacial score (nSPS) is 26.6. The van der Waals surface area contributed by atoms with Crippen LogP contribution in [0.2, 0.25) is 0 Å².